The summed E-state index contributed by atoms with van der Waals surface area (Å²) in [5, 5.41) is 8.80. The van der Waals surface area contributed by atoms with Crippen molar-refractivity contribution in [2.45, 2.75) is 138 Å². The Morgan fingerprint density at radius 2 is 1.67 bits per heavy atom. The van der Waals surface area contributed by atoms with Gasteiger partial charge >= 0.3 is 9.33 Å². The molecule has 4 aliphatic rings. The number of allylic oxidation sites excluding steroid dienone is 3. The lowest BCUT2D eigenvalue weighted by Gasteiger charge is -2.60. The molecule has 0 aromatic rings. The van der Waals surface area contributed by atoms with Crippen molar-refractivity contribution < 1.29 is 22.8 Å². The summed E-state index contributed by atoms with van der Waals surface area (Å²) in [5.41, 5.74) is 6.43. The van der Waals surface area contributed by atoms with Gasteiger partial charge in [-0.05, 0) is 119 Å². The van der Waals surface area contributed by atoms with E-state index in [4.69, 9.17) is 22.8 Å². The van der Waals surface area contributed by atoms with E-state index >= 15 is 0 Å². The minimum absolute atomic E-state index is 0.207. The van der Waals surface area contributed by atoms with E-state index < -0.39 is 9.33 Å². The molecule has 4 rings (SSSR count). The molecule has 0 spiro atoms. The normalized spacial score (nSPS) is 33.7. The van der Waals surface area contributed by atoms with Gasteiger partial charge < -0.3 is 9.84 Å². The van der Waals surface area contributed by atoms with Crippen LogP contribution in [0.25, 0.3) is 0 Å². The first-order chi connectivity index (χ1) is 17.9. The standard InChI is InChI=1S/2C16H28O.ClHO3S/c1-14(2)8-5-9-15(3)12(14)6-10-16(4)13(15)7-11-17-16;1-13(7-6-12-17)9-10-15-14(2)8-5-11-16(15,3)4;1-5(2,3)4/h12-13H,5-11H2,1-4H3;7,17H,5-6,8-12H2,1-4H3;(H,2,3,4)/b;13-7+;/t12-,13+,15-,16+;;/m0../s1. The van der Waals surface area contributed by atoms with Crippen LogP contribution in [0.2, 0.25) is 0 Å². The van der Waals surface area contributed by atoms with E-state index in [9.17, 15) is 0 Å². The summed E-state index contributed by atoms with van der Waals surface area (Å²) < 4.78 is 31.3. The van der Waals surface area contributed by atoms with Crippen molar-refractivity contribution in [3.8, 4) is 0 Å². The van der Waals surface area contributed by atoms with E-state index in [1.54, 1.807) is 11.1 Å². The van der Waals surface area contributed by atoms with Crippen LogP contribution in [0.4, 0.5) is 0 Å². The zero-order valence-electron chi connectivity index (χ0n) is 26.0. The summed E-state index contributed by atoms with van der Waals surface area (Å²) in [6, 6.07) is 0. The SMILES string of the molecule is CC1(C)CCC[C@]2(C)[C@H]3CCO[C@]3(C)CC[C@@H]12.CC1=C(CC/C(C)=C/CCO)C(C)(C)CCC1.O=S(=O)(O)Cl. The summed E-state index contributed by atoms with van der Waals surface area (Å²) in [6.45, 7) is 20.5. The maximum absolute atomic E-state index is 8.95. The predicted octanol–water partition coefficient (Wildman–Crippen LogP) is 9.06. The van der Waals surface area contributed by atoms with Crippen LogP contribution >= 0.6 is 10.7 Å². The lowest BCUT2D eigenvalue weighted by Crippen LogP contribution is -2.55. The molecule has 0 bridgehead atoms. The molecule has 2 saturated carbocycles. The second kappa shape index (κ2) is 13.7. The van der Waals surface area contributed by atoms with Gasteiger partial charge in [0.05, 0.1) is 5.60 Å². The molecule has 0 amide bonds. The Hall–Kier alpha value is -0.400. The third-order valence-corrected chi connectivity index (χ3v) is 10.7. The van der Waals surface area contributed by atoms with Crippen LogP contribution < -0.4 is 0 Å². The van der Waals surface area contributed by atoms with Crippen molar-refractivity contribution in [3.05, 3.63) is 22.8 Å². The Bertz CT molecular complexity index is 971. The largest absolute Gasteiger partial charge is 0.396 e. The van der Waals surface area contributed by atoms with Crippen molar-refractivity contribution in [1.29, 1.82) is 0 Å². The molecule has 0 aromatic heterocycles. The minimum atomic E-state index is -4.19. The van der Waals surface area contributed by atoms with Crippen molar-refractivity contribution in [1.82, 2.24) is 0 Å². The Kier molecular flexibility index (Phi) is 12.2. The van der Waals surface area contributed by atoms with Gasteiger partial charge in [-0.15, -0.1) is 0 Å². The number of halogens is 1. The number of rotatable bonds is 5. The number of ether oxygens (including phenoxy) is 1. The highest BCUT2D eigenvalue weighted by Gasteiger charge is 2.60. The highest BCUT2D eigenvalue weighted by molar-refractivity contribution is 8.09. The van der Waals surface area contributed by atoms with E-state index in [1.165, 1.54) is 69.8 Å². The van der Waals surface area contributed by atoms with E-state index in [0.717, 1.165) is 31.3 Å². The van der Waals surface area contributed by atoms with Gasteiger partial charge in [0.25, 0.3) is 0 Å². The number of hydrogen-bond acceptors (Lipinski definition) is 4. The number of aliphatic hydroxyl groups is 1. The number of fused-ring (bicyclic) bond motifs is 3. The molecule has 0 unspecified atom stereocenters. The minimum Gasteiger partial charge on any atom is -0.396 e. The number of hydrogen-bond donors (Lipinski definition) is 2. The van der Waals surface area contributed by atoms with Crippen molar-refractivity contribution in [3.63, 3.8) is 0 Å². The Labute approximate surface area is 244 Å². The van der Waals surface area contributed by atoms with Gasteiger partial charge in [-0.2, -0.15) is 8.42 Å². The van der Waals surface area contributed by atoms with E-state index in [-0.39, 0.29) is 12.2 Å². The summed E-state index contributed by atoms with van der Waals surface area (Å²) in [5.74, 6) is 1.73. The van der Waals surface area contributed by atoms with Gasteiger partial charge in [0.2, 0.25) is 0 Å². The fourth-order valence-electron chi connectivity index (χ4n) is 8.79. The monoisotopic (exact) mass is 588 g/mol. The molecule has 1 saturated heterocycles. The molecule has 1 heterocycles. The van der Waals surface area contributed by atoms with Gasteiger partial charge in [0, 0.05) is 23.9 Å². The molecule has 3 aliphatic carbocycles. The van der Waals surface area contributed by atoms with Crippen molar-refractivity contribution >= 4 is 20.0 Å². The van der Waals surface area contributed by atoms with Gasteiger partial charge in [-0.3, -0.25) is 4.55 Å². The molecule has 0 aromatic carbocycles. The Balaban J connectivity index is 0.000000234. The van der Waals surface area contributed by atoms with Crippen LogP contribution in [-0.2, 0) is 14.1 Å². The highest BCUT2D eigenvalue weighted by Crippen LogP contribution is 2.64. The van der Waals surface area contributed by atoms with Gasteiger partial charge in [-0.25, -0.2) is 0 Å². The molecule has 0 radical (unpaired) electrons. The molecule has 5 nitrogen and oxygen atoms in total. The fraction of sp³-hybridized carbons (Fsp3) is 0.875. The van der Waals surface area contributed by atoms with Gasteiger partial charge in [-0.1, -0.05) is 63.8 Å². The Morgan fingerprint density at radius 3 is 2.26 bits per heavy atom. The first-order valence-electron chi connectivity index (χ1n) is 15.1. The average molecular weight is 589 g/mol. The summed E-state index contributed by atoms with van der Waals surface area (Å²) >= 11 is 0. The molecular formula is C32H57ClO5S. The van der Waals surface area contributed by atoms with Gasteiger partial charge in [0.15, 0.2) is 0 Å². The third-order valence-electron chi connectivity index (χ3n) is 10.7. The second-order valence-electron chi connectivity index (χ2n) is 14.4. The maximum atomic E-state index is 8.95. The van der Waals surface area contributed by atoms with Crippen LogP contribution in [0, 0.1) is 28.1 Å². The van der Waals surface area contributed by atoms with E-state index in [0.29, 0.717) is 16.2 Å². The van der Waals surface area contributed by atoms with Crippen molar-refractivity contribution in [2.24, 2.45) is 28.1 Å². The van der Waals surface area contributed by atoms with E-state index in [1.807, 2.05) is 0 Å². The topological polar surface area (TPSA) is 83.8 Å². The van der Waals surface area contributed by atoms with Crippen LogP contribution in [-0.4, -0.2) is 36.9 Å². The summed E-state index contributed by atoms with van der Waals surface area (Å²) in [7, 11) is -0.137. The average Bonchev–Trinajstić information content (AvgIpc) is 3.19. The predicted molar refractivity (Wildman–Crippen MR) is 163 cm³/mol. The zero-order valence-corrected chi connectivity index (χ0v) is 27.6. The smallest absolute Gasteiger partial charge is 0.353 e. The summed E-state index contributed by atoms with van der Waals surface area (Å²) in [4.78, 5) is 0. The van der Waals surface area contributed by atoms with Gasteiger partial charge in [0.1, 0.15) is 0 Å². The van der Waals surface area contributed by atoms with Crippen LogP contribution in [0.3, 0.4) is 0 Å². The first kappa shape index (κ1) is 34.8. The van der Waals surface area contributed by atoms with Crippen LogP contribution in [0.15, 0.2) is 22.8 Å². The molecule has 7 heteroatoms. The molecule has 228 valence electrons. The molecule has 4 atom stereocenters. The van der Waals surface area contributed by atoms with Crippen LogP contribution in [0.1, 0.15) is 132 Å². The quantitative estimate of drug-likeness (QED) is 0.190. The summed E-state index contributed by atoms with van der Waals surface area (Å²) in [6.07, 6.45) is 17.6. The molecule has 39 heavy (non-hydrogen) atoms. The maximum Gasteiger partial charge on any atom is 0.353 e. The lowest BCUT2D eigenvalue weighted by atomic mass is 9.46. The molecule has 3 fully saturated rings. The zero-order chi connectivity index (χ0) is 29.7. The number of aliphatic hydroxyl groups excluding tert-OH is 1. The highest BCUT2D eigenvalue weighted by atomic mass is 35.7. The second-order valence-corrected chi connectivity index (χ2v) is 16.4. The molecular weight excluding hydrogens is 532 g/mol. The lowest BCUT2D eigenvalue weighted by molar-refractivity contribution is -0.147. The fourth-order valence-corrected chi connectivity index (χ4v) is 8.79. The molecule has 2 N–H and O–H groups in total. The van der Waals surface area contributed by atoms with Crippen molar-refractivity contribution in [2.75, 3.05) is 13.2 Å². The first-order valence-corrected chi connectivity index (χ1v) is 17.4. The molecule has 1 aliphatic heterocycles. The Morgan fingerprint density at radius 1 is 1.03 bits per heavy atom. The van der Waals surface area contributed by atoms with E-state index in [2.05, 4.69) is 72.1 Å². The van der Waals surface area contributed by atoms with Crippen LogP contribution in [0.5, 0.6) is 0 Å². The third kappa shape index (κ3) is 9.56.